The second-order valence-electron chi connectivity index (χ2n) is 4.91. The number of nitrogens with zero attached hydrogens (tertiary/aromatic N) is 1. The van der Waals surface area contributed by atoms with Gasteiger partial charge < -0.3 is 24.9 Å². The number of rotatable bonds is 12. The zero-order valence-electron chi connectivity index (χ0n) is 12.5. The molecule has 0 fully saturated rings. The molecule has 0 radical (unpaired) electrons. The van der Waals surface area contributed by atoms with E-state index in [0.717, 1.165) is 25.7 Å². The summed E-state index contributed by atoms with van der Waals surface area (Å²) in [7, 11) is 0. The van der Waals surface area contributed by atoms with E-state index >= 15 is 0 Å². The Hall–Kier alpha value is -0.950. The van der Waals surface area contributed by atoms with Crippen molar-refractivity contribution in [1.29, 1.82) is 0 Å². The molecule has 0 aromatic heterocycles. The van der Waals surface area contributed by atoms with Crippen molar-refractivity contribution >= 4 is 5.97 Å². The fraction of sp³-hybridized carbons (Fsp3) is 0.786. The van der Waals surface area contributed by atoms with E-state index in [1.807, 2.05) is 0 Å². The van der Waals surface area contributed by atoms with Gasteiger partial charge in [0, 0.05) is 0 Å². The van der Waals surface area contributed by atoms with Crippen LogP contribution in [0.3, 0.4) is 0 Å². The van der Waals surface area contributed by atoms with Gasteiger partial charge in [0.25, 0.3) is 0 Å². The number of carbonyl (C=O) groups excluding carboxylic acids is 1. The van der Waals surface area contributed by atoms with E-state index in [9.17, 15) is 20.1 Å². The minimum absolute atomic E-state index is 0.0487. The van der Waals surface area contributed by atoms with Crippen molar-refractivity contribution in [3.8, 4) is 0 Å². The third kappa shape index (κ3) is 6.47. The fourth-order valence-corrected chi connectivity index (χ4v) is 1.70. The van der Waals surface area contributed by atoms with Crippen molar-refractivity contribution in [2.45, 2.75) is 45.6 Å². The number of ether oxygens (including phenoxy) is 1. The SMILES string of the molecule is CC/C=C/CCCCOC[N+](CO)(CO)C(C)C(=O)[O-]. The molecule has 0 spiro atoms. The summed E-state index contributed by atoms with van der Waals surface area (Å²) >= 11 is 0. The first-order valence-corrected chi connectivity index (χ1v) is 7.05. The Bertz CT molecular complexity index is 289. The number of aliphatic hydroxyl groups excluding tert-OH is 2. The number of carbonyl (C=O) groups is 1. The molecule has 1 unspecified atom stereocenters. The van der Waals surface area contributed by atoms with Crippen molar-refractivity contribution < 1.29 is 29.3 Å². The molecular weight excluding hydrogens is 262 g/mol. The van der Waals surface area contributed by atoms with E-state index in [0.29, 0.717) is 6.61 Å². The summed E-state index contributed by atoms with van der Waals surface area (Å²) in [4.78, 5) is 10.9. The second-order valence-corrected chi connectivity index (χ2v) is 4.91. The number of carboxylic acid groups (broad SMARTS) is 1. The zero-order valence-corrected chi connectivity index (χ0v) is 12.5. The predicted octanol–water partition coefficient (Wildman–Crippen LogP) is -0.0482. The van der Waals surface area contributed by atoms with Crippen LogP contribution in [-0.4, -0.2) is 53.5 Å². The number of aliphatic hydroxyl groups is 2. The van der Waals surface area contributed by atoms with Gasteiger partial charge in [-0.3, -0.25) is 0 Å². The first-order chi connectivity index (χ1) is 9.54. The smallest absolute Gasteiger partial charge is 0.187 e. The standard InChI is InChI=1S/C14H27NO5/c1-3-4-5-6-7-8-9-20-12-15(10-16,11-17)13(2)14(18)19/h4-5,13,16-17H,3,6-12H2,1-2H3/b5-4+. The lowest BCUT2D eigenvalue weighted by atomic mass is 10.2. The number of hydrogen-bond donors (Lipinski definition) is 2. The van der Waals surface area contributed by atoms with Crippen LogP contribution in [0.1, 0.15) is 39.5 Å². The molecule has 0 aromatic rings. The lowest BCUT2D eigenvalue weighted by Crippen LogP contribution is -2.62. The molecular formula is C14H27NO5. The van der Waals surface area contributed by atoms with Gasteiger partial charge in [0.2, 0.25) is 0 Å². The summed E-state index contributed by atoms with van der Waals surface area (Å²) in [6.07, 6.45) is 8.11. The Morgan fingerprint density at radius 2 is 1.95 bits per heavy atom. The van der Waals surface area contributed by atoms with Crippen LogP contribution in [0, 0.1) is 0 Å². The molecule has 0 saturated carbocycles. The third-order valence-corrected chi connectivity index (χ3v) is 3.39. The summed E-state index contributed by atoms with van der Waals surface area (Å²) in [5.74, 6) is -1.32. The van der Waals surface area contributed by atoms with Crippen molar-refractivity contribution in [3.63, 3.8) is 0 Å². The van der Waals surface area contributed by atoms with Crippen LogP contribution in [0.2, 0.25) is 0 Å². The van der Waals surface area contributed by atoms with E-state index < -0.39 is 30.0 Å². The molecule has 0 aliphatic rings. The van der Waals surface area contributed by atoms with Gasteiger partial charge in [0.15, 0.2) is 20.2 Å². The van der Waals surface area contributed by atoms with Crippen LogP contribution in [-0.2, 0) is 9.53 Å². The topological polar surface area (TPSA) is 89.8 Å². The molecule has 0 aromatic carbocycles. The lowest BCUT2D eigenvalue weighted by Gasteiger charge is -2.39. The van der Waals surface area contributed by atoms with Crippen molar-refractivity contribution in [2.75, 3.05) is 26.8 Å². The third-order valence-electron chi connectivity index (χ3n) is 3.39. The first kappa shape index (κ1) is 19.1. The number of carboxylic acids is 1. The van der Waals surface area contributed by atoms with Gasteiger partial charge in [-0.15, -0.1) is 0 Å². The molecule has 20 heavy (non-hydrogen) atoms. The van der Waals surface area contributed by atoms with Crippen molar-refractivity contribution in [3.05, 3.63) is 12.2 Å². The molecule has 0 bridgehead atoms. The molecule has 0 aliphatic carbocycles. The average molecular weight is 289 g/mol. The second kappa shape index (κ2) is 10.8. The van der Waals surface area contributed by atoms with E-state index in [-0.39, 0.29) is 6.73 Å². The Morgan fingerprint density at radius 1 is 1.30 bits per heavy atom. The highest BCUT2D eigenvalue weighted by Gasteiger charge is 2.34. The number of unbranched alkanes of at least 4 members (excludes halogenated alkanes) is 2. The molecule has 2 N–H and O–H groups in total. The van der Waals surface area contributed by atoms with Gasteiger partial charge in [-0.25, -0.2) is 4.48 Å². The normalized spacial score (nSPS) is 13.8. The Labute approximate surface area is 120 Å². The van der Waals surface area contributed by atoms with Crippen LogP contribution in [0.5, 0.6) is 0 Å². The Balaban J connectivity index is 4.04. The molecule has 6 heteroatoms. The van der Waals surface area contributed by atoms with E-state index in [1.165, 1.54) is 6.92 Å². The summed E-state index contributed by atoms with van der Waals surface area (Å²) in [5, 5.41) is 29.5. The highest BCUT2D eigenvalue weighted by Crippen LogP contribution is 2.12. The summed E-state index contributed by atoms with van der Waals surface area (Å²) in [6.45, 7) is 2.88. The number of hydrogen-bond acceptors (Lipinski definition) is 5. The zero-order chi connectivity index (χ0) is 15.4. The molecule has 118 valence electrons. The van der Waals surface area contributed by atoms with Gasteiger partial charge in [0.1, 0.15) is 6.04 Å². The minimum atomic E-state index is -1.32. The van der Waals surface area contributed by atoms with Crippen LogP contribution in [0.4, 0.5) is 0 Å². The largest absolute Gasteiger partial charge is 0.544 e. The highest BCUT2D eigenvalue weighted by atomic mass is 16.5. The number of aliphatic carboxylic acids is 1. The Kier molecular flexibility index (Phi) is 10.3. The number of allylic oxidation sites excluding steroid dienone is 2. The summed E-state index contributed by atoms with van der Waals surface area (Å²) < 4.78 is 4.94. The van der Waals surface area contributed by atoms with Crippen LogP contribution in [0.15, 0.2) is 12.2 Å². The van der Waals surface area contributed by atoms with E-state index in [4.69, 9.17) is 4.74 Å². The first-order valence-electron chi connectivity index (χ1n) is 7.05. The monoisotopic (exact) mass is 289 g/mol. The maximum absolute atomic E-state index is 10.9. The minimum Gasteiger partial charge on any atom is -0.544 e. The Morgan fingerprint density at radius 3 is 2.45 bits per heavy atom. The van der Waals surface area contributed by atoms with Gasteiger partial charge in [-0.05, 0) is 32.6 Å². The van der Waals surface area contributed by atoms with Crippen LogP contribution in [0.25, 0.3) is 0 Å². The summed E-state index contributed by atoms with van der Waals surface area (Å²) in [5.41, 5.74) is 0. The van der Waals surface area contributed by atoms with Crippen LogP contribution < -0.4 is 5.11 Å². The van der Waals surface area contributed by atoms with Crippen LogP contribution >= 0.6 is 0 Å². The van der Waals surface area contributed by atoms with Crippen molar-refractivity contribution in [2.24, 2.45) is 0 Å². The van der Waals surface area contributed by atoms with E-state index in [2.05, 4.69) is 19.1 Å². The van der Waals surface area contributed by atoms with Gasteiger partial charge in [0.05, 0.1) is 12.6 Å². The molecule has 0 amide bonds. The fourth-order valence-electron chi connectivity index (χ4n) is 1.70. The van der Waals surface area contributed by atoms with Gasteiger partial charge >= 0.3 is 0 Å². The lowest BCUT2D eigenvalue weighted by molar-refractivity contribution is -0.990. The molecule has 0 heterocycles. The maximum Gasteiger partial charge on any atom is 0.187 e. The molecule has 0 saturated heterocycles. The molecule has 6 nitrogen and oxygen atoms in total. The summed E-state index contributed by atoms with van der Waals surface area (Å²) in [6, 6.07) is -1.03. The maximum atomic E-state index is 10.9. The quantitative estimate of drug-likeness (QED) is 0.228. The van der Waals surface area contributed by atoms with Gasteiger partial charge in [-0.2, -0.15) is 0 Å². The van der Waals surface area contributed by atoms with Crippen molar-refractivity contribution in [1.82, 2.24) is 0 Å². The highest BCUT2D eigenvalue weighted by molar-refractivity contribution is 5.69. The molecule has 0 rings (SSSR count). The average Bonchev–Trinajstić information content (AvgIpc) is 2.45. The predicted molar refractivity (Wildman–Crippen MR) is 73.0 cm³/mol. The molecule has 0 aliphatic heterocycles. The van der Waals surface area contributed by atoms with E-state index in [1.54, 1.807) is 0 Å². The number of quaternary nitrogens is 1. The molecule has 1 atom stereocenters. The van der Waals surface area contributed by atoms with Gasteiger partial charge in [-0.1, -0.05) is 19.1 Å².